The molecule has 0 aliphatic rings. The largest absolute Gasteiger partial charge is 0.357 e. The molecule has 3 aromatic carbocycles. The summed E-state index contributed by atoms with van der Waals surface area (Å²) in [7, 11) is -2.62. The van der Waals surface area contributed by atoms with Crippen molar-refractivity contribution >= 4 is 50.1 Å². The van der Waals surface area contributed by atoms with Crippen LogP contribution in [0.5, 0.6) is 0 Å². The SMILES string of the molecule is CCC(C(=O)NC)N(Cc1ccc(F)cc1)C(=O)CN(c1ccc(I)cc1)S(=O)(=O)c1ccccc1. The van der Waals surface area contributed by atoms with Gasteiger partial charge in [-0.1, -0.05) is 37.3 Å². The van der Waals surface area contributed by atoms with Gasteiger partial charge in [-0.05, 0) is 83.1 Å². The smallest absolute Gasteiger partial charge is 0.264 e. The van der Waals surface area contributed by atoms with Crippen molar-refractivity contribution in [2.45, 2.75) is 30.8 Å². The number of sulfonamides is 1. The van der Waals surface area contributed by atoms with E-state index in [1.54, 1.807) is 49.4 Å². The lowest BCUT2D eigenvalue weighted by molar-refractivity contribution is -0.140. The third kappa shape index (κ3) is 6.61. The van der Waals surface area contributed by atoms with Crippen molar-refractivity contribution in [3.8, 4) is 0 Å². The Morgan fingerprint density at radius 2 is 1.58 bits per heavy atom. The first-order chi connectivity index (χ1) is 17.2. The van der Waals surface area contributed by atoms with Crippen molar-refractivity contribution in [2.24, 2.45) is 0 Å². The van der Waals surface area contributed by atoms with Gasteiger partial charge in [0.25, 0.3) is 10.0 Å². The summed E-state index contributed by atoms with van der Waals surface area (Å²) in [6.45, 7) is 1.26. The van der Waals surface area contributed by atoms with E-state index >= 15 is 0 Å². The number of nitrogens with one attached hydrogen (secondary N) is 1. The number of hydrogen-bond donors (Lipinski definition) is 1. The van der Waals surface area contributed by atoms with E-state index in [1.165, 1.54) is 48.3 Å². The van der Waals surface area contributed by atoms with Crippen LogP contribution in [0, 0.1) is 9.39 Å². The van der Waals surface area contributed by atoms with Crippen LogP contribution in [0.2, 0.25) is 0 Å². The van der Waals surface area contributed by atoms with Gasteiger partial charge >= 0.3 is 0 Å². The third-order valence-electron chi connectivity index (χ3n) is 5.62. The first-order valence-electron chi connectivity index (χ1n) is 11.3. The van der Waals surface area contributed by atoms with Gasteiger partial charge < -0.3 is 10.2 Å². The highest BCUT2D eigenvalue weighted by atomic mass is 127. The van der Waals surface area contributed by atoms with Crippen molar-refractivity contribution < 1.29 is 22.4 Å². The fraction of sp³-hybridized carbons (Fsp3) is 0.231. The van der Waals surface area contributed by atoms with Gasteiger partial charge in [0.2, 0.25) is 11.8 Å². The summed E-state index contributed by atoms with van der Waals surface area (Å²) in [4.78, 5) is 27.8. The summed E-state index contributed by atoms with van der Waals surface area (Å²) in [5.41, 5.74) is 0.932. The average molecular weight is 623 g/mol. The molecule has 0 radical (unpaired) electrons. The van der Waals surface area contributed by atoms with Crippen molar-refractivity contribution in [1.29, 1.82) is 0 Å². The number of carbonyl (C=O) groups is 2. The molecule has 0 aliphatic carbocycles. The Balaban J connectivity index is 2.03. The fourth-order valence-electron chi connectivity index (χ4n) is 3.73. The maximum Gasteiger partial charge on any atom is 0.264 e. The molecular weight excluding hydrogens is 596 g/mol. The van der Waals surface area contributed by atoms with Crippen LogP contribution in [0.3, 0.4) is 0 Å². The first-order valence-corrected chi connectivity index (χ1v) is 13.8. The minimum absolute atomic E-state index is 0.0109. The van der Waals surface area contributed by atoms with Crippen LogP contribution in [0.25, 0.3) is 0 Å². The Labute approximate surface area is 224 Å². The predicted molar refractivity (Wildman–Crippen MR) is 145 cm³/mol. The van der Waals surface area contributed by atoms with Crippen molar-refractivity contribution in [2.75, 3.05) is 17.9 Å². The molecule has 0 spiro atoms. The summed E-state index contributed by atoms with van der Waals surface area (Å²) in [6.07, 6.45) is 0.307. The Morgan fingerprint density at radius 3 is 2.14 bits per heavy atom. The van der Waals surface area contributed by atoms with E-state index in [0.29, 0.717) is 17.7 Å². The van der Waals surface area contributed by atoms with Crippen molar-refractivity contribution in [1.82, 2.24) is 10.2 Å². The monoisotopic (exact) mass is 623 g/mol. The van der Waals surface area contributed by atoms with Crippen LogP contribution in [0.1, 0.15) is 18.9 Å². The maximum atomic E-state index is 13.7. The topological polar surface area (TPSA) is 86.8 Å². The molecule has 2 amide bonds. The second-order valence-electron chi connectivity index (χ2n) is 7.99. The number of halogens is 2. The minimum Gasteiger partial charge on any atom is -0.357 e. The molecule has 36 heavy (non-hydrogen) atoms. The predicted octanol–water partition coefficient (Wildman–Crippen LogP) is 4.18. The molecule has 0 fully saturated rings. The maximum absolute atomic E-state index is 13.7. The lowest BCUT2D eigenvalue weighted by atomic mass is 10.1. The third-order valence-corrected chi connectivity index (χ3v) is 8.13. The van der Waals surface area contributed by atoms with Crippen LogP contribution in [-0.4, -0.2) is 44.8 Å². The Bertz CT molecular complexity index is 1290. The second kappa shape index (κ2) is 12.3. The van der Waals surface area contributed by atoms with E-state index in [0.717, 1.165) is 7.88 Å². The quantitative estimate of drug-likeness (QED) is 0.344. The number of rotatable bonds is 10. The van der Waals surface area contributed by atoms with E-state index in [4.69, 9.17) is 0 Å². The number of benzene rings is 3. The van der Waals surface area contributed by atoms with Gasteiger partial charge in [-0.2, -0.15) is 0 Å². The summed E-state index contributed by atoms with van der Waals surface area (Å²) in [6, 6.07) is 19.4. The van der Waals surface area contributed by atoms with Crippen molar-refractivity contribution in [3.63, 3.8) is 0 Å². The molecule has 0 heterocycles. The van der Waals surface area contributed by atoms with Gasteiger partial charge in [0.15, 0.2) is 0 Å². The highest BCUT2D eigenvalue weighted by molar-refractivity contribution is 14.1. The zero-order chi connectivity index (χ0) is 26.3. The van der Waals surface area contributed by atoms with Gasteiger partial charge in [0.1, 0.15) is 18.4 Å². The molecular formula is C26H27FIN3O4S. The normalized spacial score (nSPS) is 12.0. The molecule has 0 aromatic heterocycles. The van der Waals surface area contributed by atoms with Crippen LogP contribution in [0.4, 0.5) is 10.1 Å². The van der Waals surface area contributed by atoms with Crippen molar-refractivity contribution in [3.05, 3.63) is 93.8 Å². The van der Waals surface area contributed by atoms with Gasteiger partial charge in [0, 0.05) is 17.2 Å². The number of nitrogens with zero attached hydrogens (tertiary/aromatic N) is 2. The molecule has 7 nitrogen and oxygen atoms in total. The lowest BCUT2D eigenvalue weighted by Gasteiger charge is -2.33. The van der Waals surface area contributed by atoms with E-state index in [2.05, 4.69) is 27.9 Å². The number of amides is 2. The molecule has 190 valence electrons. The van der Waals surface area contributed by atoms with E-state index in [9.17, 15) is 22.4 Å². The molecule has 0 bridgehead atoms. The van der Waals surface area contributed by atoms with Crippen LogP contribution in [-0.2, 0) is 26.2 Å². The minimum atomic E-state index is -4.10. The van der Waals surface area contributed by atoms with Crippen LogP contribution < -0.4 is 9.62 Å². The van der Waals surface area contributed by atoms with E-state index < -0.39 is 34.3 Å². The molecule has 0 saturated heterocycles. The van der Waals surface area contributed by atoms with Gasteiger partial charge in [0.05, 0.1) is 10.6 Å². The zero-order valence-electron chi connectivity index (χ0n) is 19.9. The lowest BCUT2D eigenvalue weighted by Crippen LogP contribution is -2.51. The molecule has 3 rings (SSSR count). The average Bonchev–Trinajstić information content (AvgIpc) is 2.89. The van der Waals surface area contributed by atoms with Gasteiger partial charge in [-0.3, -0.25) is 13.9 Å². The van der Waals surface area contributed by atoms with Crippen LogP contribution in [0.15, 0.2) is 83.8 Å². The first kappa shape index (κ1) is 27.6. The van der Waals surface area contributed by atoms with Crippen LogP contribution >= 0.6 is 22.6 Å². The van der Waals surface area contributed by atoms with Gasteiger partial charge in [-0.25, -0.2) is 12.8 Å². The Hall–Kier alpha value is -2.99. The number of hydrogen-bond acceptors (Lipinski definition) is 4. The highest BCUT2D eigenvalue weighted by Crippen LogP contribution is 2.25. The Morgan fingerprint density at radius 1 is 0.972 bits per heavy atom. The fourth-order valence-corrected chi connectivity index (χ4v) is 5.52. The van der Waals surface area contributed by atoms with Gasteiger partial charge in [-0.15, -0.1) is 0 Å². The summed E-state index contributed by atoms with van der Waals surface area (Å²) < 4.78 is 42.7. The zero-order valence-corrected chi connectivity index (χ0v) is 22.9. The second-order valence-corrected chi connectivity index (χ2v) is 11.1. The summed E-state index contributed by atoms with van der Waals surface area (Å²) in [5.74, 6) is -1.36. The number of carbonyl (C=O) groups excluding carboxylic acids is 2. The molecule has 3 aromatic rings. The molecule has 0 saturated carbocycles. The Kier molecular flexibility index (Phi) is 9.43. The molecule has 1 atom stereocenters. The number of anilines is 1. The summed E-state index contributed by atoms with van der Waals surface area (Å²) >= 11 is 2.11. The van der Waals surface area contributed by atoms with E-state index in [-0.39, 0.29) is 17.3 Å². The number of likely N-dealkylation sites (N-methyl/N-ethyl adjacent to an activating group) is 1. The molecule has 1 N–H and O–H groups in total. The molecule has 10 heteroatoms. The summed E-state index contributed by atoms with van der Waals surface area (Å²) in [5, 5.41) is 2.57. The molecule has 1 unspecified atom stereocenters. The van der Waals surface area contributed by atoms with E-state index in [1.807, 2.05) is 0 Å². The highest BCUT2D eigenvalue weighted by Gasteiger charge is 2.33. The standard InChI is InChI=1S/C26H27FIN3O4S/c1-3-24(26(33)29-2)30(17-19-9-11-20(27)12-10-19)25(32)18-31(22-15-13-21(28)14-16-22)36(34,35)23-7-5-4-6-8-23/h4-16,24H,3,17-18H2,1-2H3,(H,29,33). The molecule has 0 aliphatic heterocycles.